The third kappa shape index (κ3) is 25.8. The second-order valence-electron chi connectivity index (χ2n) is 33.6. The van der Waals surface area contributed by atoms with Crippen molar-refractivity contribution in [3.8, 4) is 163 Å². The molecule has 0 aliphatic carbocycles. The van der Waals surface area contributed by atoms with Crippen LogP contribution in [-0.2, 0) is 0 Å². The van der Waals surface area contributed by atoms with Crippen LogP contribution in [0.4, 0.5) is 0 Å². The van der Waals surface area contributed by atoms with Crippen molar-refractivity contribution in [2.45, 2.75) is 145 Å². The fourth-order valence-electron chi connectivity index (χ4n) is 15.9. The molecule has 10 heteroatoms. The molecule has 5 N–H and O–H groups in total. The van der Waals surface area contributed by atoms with Gasteiger partial charge >= 0.3 is 0 Å². The smallest absolute Gasteiger partial charge is 0.160 e. The van der Waals surface area contributed by atoms with Crippen LogP contribution in [0.3, 0.4) is 0 Å². The van der Waals surface area contributed by atoms with Crippen molar-refractivity contribution >= 4 is 0 Å². The first-order valence-electron chi connectivity index (χ1n) is 46.0. The average molecular weight is 1750 g/mol. The number of aryl methyl sites for hydroxylation is 1. The SMILES string of the molecule is CCC(C)c1ccc(O)c(O)c1.CCC(C)c1ccc(O)c(OC)c1.CCC(C)c1ccc(O)cc1.CCC(C)c1ccc(OC)c(OC)c1.CCC(C)c1ccc(OC)cc1.Cc1ccc(Oc2ccc(-c3c(-c4ccccc4)cc(-c4cc(O)cc(-c5cc(-c6ccccc6)c(C)c(-c6ccccc6)c5-c5ccccc5)c4)c(-c4ccccc4)c3-c3ccccc3)cc2)cc1. The van der Waals surface area contributed by atoms with Crippen LogP contribution in [0.5, 0.6) is 63.2 Å². The fraction of sp³-hybridized carbons (Fsp3) is 0.213. The normalized spacial score (nSPS) is 11.8. The van der Waals surface area contributed by atoms with Crippen LogP contribution < -0.4 is 23.7 Å². The maximum Gasteiger partial charge on any atom is 0.160 e. The van der Waals surface area contributed by atoms with Crippen molar-refractivity contribution in [1.82, 2.24) is 0 Å². The molecule has 676 valence electrons. The number of rotatable bonds is 25. The van der Waals surface area contributed by atoms with Crippen LogP contribution in [-0.4, -0.2) is 54.0 Å². The van der Waals surface area contributed by atoms with Gasteiger partial charge in [-0.15, -0.1) is 0 Å². The standard InChI is InChI=1S/C68H50O2.C12H18O2.C11H16O2.C11H16O.C10H14O2.C10H14O/c1-46-33-37-58(38-34-46)70-59-39-35-54(36-40-59)67-61(49-23-11-4-12-24-49)45-63(66(52-29-17-7-18-30-52)68(67)53-31-19-8-20-32-53)56-41-55(42-57(69)43-56)62-44-60(48-21-9-3-10-22-48)47(2)64(50-25-13-5-14-26-50)65(62)51-27-15-6-16-28-51;1-5-9(2)10-6-7-11(13-3)12(8-10)14-4;1-4-8(2)9-5-6-10(12)11(7-9)13-3;1-4-9(2)10-5-7-11(12-3)8-6-10;1-3-7(2)8-4-5-9(11)10(12)6-8;1-3-8(2)9-4-6-10(11)7-5-9/h3-45,69H,1-2H3;6-9H,5H2,1-4H3;5-8,12H,4H2,1-3H3;5-9H,4H2,1-3H3;4-7,11-12H,3H2,1-2H3;4-8,11H,3H2,1-2H3. The molecule has 0 aromatic heterocycles. The van der Waals surface area contributed by atoms with Crippen molar-refractivity contribution in [1.29, 1.82) is 0 Å². The van der Waals surface area contributed by atoms with Crippen LogP contribution in [0, 0.1) is 13.8 Å². The van der Waals surface area contributed by atoms with Gasteiger partial charge in [-0.3, -0.25) is 0 Å². The van der Waals surface area contributed by atoms with Crippen molar-refractivity contribution in [2.75, 3.05) is 28.4 Å². The van der Waals surface area contributed by atoms with E-state index in [4.69, 9.17) is 33.9 Å². The zero-order valence-electron chi connectivity index (χ0n) is 79.3. The van der Waals surface area contributed by atoms with Gasteiger partial charge in [0.15, 0.2) is 34.5 Å². The van der Waals surface area contributed by atoms with E-state index < -0.39 is 0 Å². The van der Waals surface area contributed by atoms with Gasteiger partial charge in [-0.05, 0) is 324 Å². The van der Waals surface area contributed by atoms with Gasteiger partial charge in [0.25, 0.3) is 0 Å². The van der Waals surface area contributed by atoms with Gasteiger partial charge in [0.1, 0.15) is 28.7 Å². The predicted molar refractivity (Wildman–Crippen MR) is 552 cm³/mol. The Morgan fingerprint density at radius 1 is 0.220 bits per heavy atom. The van der Waals surface area contributed by atoms with E-state index in [1.165, 1.54) is 45.9 Å². The molecular weight excluding hydrogens is 1630 g/mol. The minimum absolute atomic E-state index is 0.0344. The Morgan fingerprint density at radius 2 is 0.538 bits per heavy atom. The first-order chi connectivity index (χ1) is 64.0. The highest BCUT2D eigenvalue weighted by Gasteiger charge is 2.27. The van der Waals surface area contributed by atoms with E-state index in [2.05, 4.69) is 338 Å². The average Bonchev–Trinajstić information content (AvgIpc) is 0.733. The molecule has 16 aromatic rings. The summed E-state index contributed by atoms with van der Waals surface area (Å²) in [6.45, 7) is 26.0. The second kappa shape index (κ2) is 48.8. The van der Waals surface area contributed by atoms with Crippen molar-refractivity contribution in [3.63, 3.8) is 0 Å². The van der Waals surface area contributed by atoms with E-state index in [0.717, 1.165) is 160 Å². The summed E-state index contributed by atoms with van der Waals surface area (Å²) in [6, 6.07) is 124. The zero-order chi connectivity index (χ0) is 94.2. The third-order valence-corrected chi connectivity index (χ3v) is 24.8. The quantitative estimate of drug-likeness (QED) is 0.0350. The van der Waals surface area contributed by atoms with E-state index in [1.807, 2.05) is 78.9 Å². The van der Waals surface area contributed by atoms with E-state index in [9.17, 15) is 15.3 Å². The molecular formula is C122H128O10. The number of benzene rings is 16. The molecule has 10 nitrogen and oxygen atoms in total. The number of aromatic hydroxyl groups is 5. The number of ether oxygens (including phenoxy) is 5. The van der Waals surface area contributed by atoms with Gasteiger partial charge in [0.05, 0.1) is 28.4 Å². The molecule has 0 spiro atoms. The summed E-state index contributed by atoms with van der Waals surface area (Å²) in [5, 5.41) is 48.8. The molecule has 16 rings (SSSR count). The molecule has 0 saturated heterocycles. The summed E-state index contributed by atoms with van der Waals surface area (Å²) in [4.78, 5) is 0. The van der Waals surface area contributed by atoms with Crippen LogP contribution in [0.2, 0.25) is 0 Å². The highest BCUT2D eigenvalue weighted by Crippen LogP contribution is 2.53. The lowest BCUT2D eigenvalue weighted by Gasteiger charge is -2.25. The van der Waals surface area contributed by atoms with E-state index in [0.29, 0.717) is 41.1 Å². The fourth-order valence-corrected chi connectivity index (χ4v) is 15.9. The monoisotopic (exact) mass is 1750 g/mol. The summed E-state index contributed by atoms with van der Waals surface area (Å²) in [6.07, 6.45) is 5.59. The van der Waals surface area contributed by atoms with Gasteiger partial charge in [0, 0.05) is 0 Å². The molecule has 0 heterocycles. The van der Waals surface area contributed by atoms with E-state index in [-0.39, 0.29) is 23.0 Å². The summed E-state index contributed by atoms with van der Waals surface area (Å²) >= 11 is 0. The molecule has 0 fully saturated rings. The predicted octanol–water partition coefficient (Wildman–Crippen LogP) is 33.7. The number of hydrogen-bond donors (Lipinski definition) is 5. The van der Waals surface area contributed by atoms with Crippen LogP contribution in [0.1, 0.15) is 170 Å². The third-order valence-electron chi connectivity index (χ3n) is 24.8. The number of phenolic OH excluding ortho intramolecular Hbond substituents is 5. The van der Waals surface area contributed by atoms with Crippen molar-refractivity contribution < 1.29 is 49.2 Å². The maximum atomic E-state index is 12.2. The van der Waals surface area contributed by atoms with Gasteiger partial charge in [-0.25, -0.2) is 0 Å². The summed E-state index contributed by atoms with van der Waals surface area (Å²) < 4.78 is 26.9. The van der Waals surface area contributed by atoms with Crippen molar-refractivity contribution in [2.24, 2.45) is 0 Å². The molecule has 132 heavy (non-hydrogen) atoms. The summed E-state index contributed by atoms with van der Waals surface area (Å²) in [5.41, 5.74) is 27.9. The Labute approximate surface area is 783 Å². The Balaban J connectivity index is 0.000000214. The Hall–Kier alpha value is -14.5. The molecule has 0 amide bonds. The highest BCUT2D eigenvalue weighted by molar-refractivity contribution is 6.08. The van der Waals surface area contributed by atoms with Gasteiger partial charge in [-0.1, -0.05) is 324 Å². The maximum absolute atomic E-state index is 12.2. The molecule has 5 unspecified atom stereocenters. The number of phenols is 5. The summed E-state index contributed by atoms with van der Waals surface area (Å²) in [5.74, 6) is 8.03. The highest BCUT2D eigenvalue weighted by atomic mass is 16.5. The second-order valence-corrected chi connectivity index (χ2v) is 33.6. The zero-order valence-corrected chi connectivity index (χ0v) is 79.3. The molecule has 16 aromatic carbocycles. The Morgan fingerprint density at radius 3 is 0.955 bits per heavy atom. The first-order valence-corrected chi connectivity index (χ1v) is 46.0. The minimum Gasteiger partial charge on any atom is -0.508 e. The lowest BCUT2D eigenvalue weighted by Crippen LogP contribution is -1.99. The molecule has 0 aliphatic heterocycles. The lowest BCUT2D eigenvalue weighted by molar-refractivity contribution is 0.354. The van der Waals surface area contributed by atoms with E-state index in [1.54, 1.807) is 52.7 Å². The molecule has 0 bridgehead atoms. The largest absolute Gasteiger partial charge is 0.508 e. The van der Waals surface area contributed by atoms with Crippen LogP contribution in [0.25, 0.3) is 100 Å². The Bertz CT molecular complexity index is 6240. The topological polar surface area (TPSA) is 147 Å². The van der Waals surface area contributed by atoms with Gasteiger partial charge in [0.2, 0.25) is 0 Å². The van der Waals surface area contributed by atoms with Gasteiger partial charge in [-0.2, -0.15) is 0 Å². The van der Waals surface area contributed by atoms with Crippen LogP contribution >= 0.6 is 0 Å². The van der Waals surface area contributed by atoms with Crippen LogP contribution in [0.15, 0.2) is 364 Å². The lowest BCUT2D eigenvalue weighted by atomic mass is 9.78. The molecule has 0 saturated carbocycles. The minimum atomic E-state index is -0.0537. The first kappa shape index (κ1) is 98.1. The number of hydrogen-bond acceptors (Lipinski definition) is 10. The Kier molecular flexibility index (Phi) is 36.3. The molecule has 0 radical (unpaired) electrons. The molecule has 5 atom stereocenters. The molecule has 0 aliphatic rings. The van der Waals surface area contributed by atoms with Crippen molar-refractivity contribution in [3.05, 3.63) is 403 Å². The van der Waals surface area contributed by atoms with E-state index >= 15 is 0 Å². The summed E-state index contributed by atoms with van der Waals surface area (Å²) in [7, 11) is 6.58. The number of methoxy groups -OCH3 is 4. The van der Waals surface area contributed by atoms with Gasteiger partial charge < -0.3 is 49.2 Å².